The number of aromatic nitrogens is 3. The molecular formula is C18H18F3N3S2. The Kier molecular flexibility index (Phi) is 6.03. The van der Waals surface area contributed by atoms with Crippen LogP contribution in [0.4, 0.5) is 13.2 Å². The van der Waals surface area contributed by atoms with E-state index in [1.54, 1.807) is 35.6 Å². The average Bonchev–Trinajstić information content (AvgIpc) is 3.20. The van der Waals surface area contributed by atoms with Gasteiger partial charge in [-0.3, -0.25) is 0 Å². The average molecular weight is 397 g/mol. The van der Waals surface area contributed by atoms with Gasteiger partial charge in [-0.15, -0.1) is 11.3 Å². The zero-order valence-corrected chi connectivity index (χ0v) is 15.8. The van der Waals surface area contributed by atoms with E-state index < -0.39 is 12.7 Å². The van der Waals surface area contributed by atoms with Gasteiger partial charge in [0.05, 0.1) is 22.6 Å². The molecule has 138 valence electrons. The molecule has 0 aliphatic heterocycles. The van der Waals surface area contributed by atoms with Crippen molar-refractivity contribution in [1.82, 2.24) is 14.5 Å². The molecule has 0 spiro atoms. The van der Waals surface area contributed by atoms with Crippen molar-refractivity contribution in [3.63, 3.8) is 0 Å². The lowest BCUT2D eigenvalue weighted by atomic mass is 10.2. The van der Waals surface area contributed by atoms with E-state index in [0.717, 1.165) is 29.1 Å². The highest BCUT2D eigenvalue weighted by molar-refractivity contribution is 7.98. The van der Waals surface area contributed by atoms with Gasteiger partial charge in [-0.1, -0.05) is 49.0 Å². The van der Waals surface area contributed by atoms with Crippen LogP contribution >= 0.6 is 23.1 Å². The van der Waals surface area contributed by atoms with Crippen LogP contribution in [-0.4, -0.2) is 20.7 Å². The maximum Gasteiger partial charge on any atom is 0.406 e. The Morgan fingerprint density at radius 2 is 1.96 bits per heavy atom. The zero-order chi connectivity index (χ0) is 18.6. The normalized spacial score (nSPS) is 11.8. The molecule has 0 aliphatic rings. The molecule has 3 rings (SSSR count). The first-order valence-corrected chi connectivity index (χ1v) is 10.1. The van der Waals surface area contributed by atoms with Crippen LogP contribution in [0, 0.1) is 0 Å². The number of imidazole rings is 1. The first kappa shape index (κ1) is 19.0. The maximum atomic E-state index is 13.1. The van der Waals surface area contributed by atoms with E-state index >= 15 is 0 Å². The van der Waals surface area contributed by atoms with Gasteiger partial charge < -0.3 is 4.57 Å². The van der Waals surface area contributed by atoms with Crippen LogP contribution in [-0.2, 0) is 18.7 Å². The number of rotatable bonds is 7. The third kappa shape index (κ3) is 4.88. The quantitative estimate of drug-likeness (QED) is 0.471. The maximum absolute atomic E-state index is 13.1. The van der Waals surface area contributed by atoms with Gasteiger partial charge in [-0.05, 0) is 18.4 Å². The van der Waals surface area contributed by atoms with Crippen molar-refractivity contribution in [1.29, 1.82) is 0 Å². The third-order valence-corrected chi connectivity index (χ3v) is 5.62. The Labute approximate surface area is 158 Å². The molecule has 0 radical (unpaired) electrons. The molecule has 2 aromatic heterocycles. The summed E-state index contributed by atoms with van der Waals surface area (Å²) in [4.78, 5) is 8.76. The molecule has 3 aromatic rings. The van der Waals surface area contributed by atoms with Crippen LogP contribution < -0.4 is 0 Å². The lowest BCUT2D eigenvalue weighted by molar-refractivity contribution is -0.141. The van der Waals surface area contributed by atoms with Gasteiger partial charge in [0.2, 0.25) is 0 Å². The first-order valence-electron chi connectivity index (χ1n) is 8.20. The summed E-state index contributed by atoms with van der Waals surface area (Å²) < 4.78 is 40.5. The van der Waals surface area contributed by atoms with Crippen molar-refractivity contribution in [2.24, 2.45) is 0 Å². The Bertz CT molecular complexity index is 841. The highest BCUT2D eigenvalue weighted by Gasteiger charge is 2.30. The van der Waals surface area contributed by atoms with Gasteiger partial charge in [0.25, 0.3) is 0 Å². The van der Waals surface area contributed by atoms with Crippen LogP contribution in [0.1, 0.15) is 24.0 Å². The van der Waals surface area contributed by atoms with Crippen LogP contribution in [0.15, 0.2) is 47.1 Å². The van der Waals surface area contributed by atoms with Gasteiger partial charge in [0.15, 0.2) is 5.16 Å². The van der Waals surface area contributed by atoms with Gasteiger partial charge >= 0.3 is 6.18 Å². The van der Waals surface area contributed by atoms with E-state index in [4.69, 9.17) is 0 Å². The molecule has 1 aromatic carbocycles. The van der Waals surface area contributed by atoms with Crippen molar-refractivity contribution >= 4 is 23.1 Å². The fourth-order valence-corrected chi connectivity index (χ4v) is 4.40. The summed E-state index contributed by atoms with van der Waals surface area (Å²) in [7, 11) is 0. The number of hydrogen-bond acceptors (Lipinski definition) is 4. The second-order valence-corrected chi connectivity index (χ2v) is 7.65. The summed E-state index contributed by atoms with van der Waals surface area (Å²) in [6.07, 6.45) is -0.853. The van der Waals surface area contributed by atoms with E-state index in [-0.39, 0.29) is 0 Å². The van der Waals surface area contributed by atoms with Crippen LogP contribution in [0.3, 0.4) is 0 Å². The SMILES string of the molecule is CCCc1nc(CSc2ncc(-c3ccccc3)n2CC(F)(F)F)cs1. The summed E-state index contributed by atoms with van der Waals surface area (Å²) in [5, 5.41) is 3.38. The highest BCUT2D eigenvalue weighted by Crippen LogP contribution is 2.31. The molecule has 0 aliphatic carbocycles. The van der Waals surface area contributed by atoms with Crippen molar-refractivity contribution in [3.8, 4) is 11.3 Å². The van der Waals surface area contributed by atoms with Crippen LogP contribution in [0.2, 0.25) is 0 Å². The summed E-state index contributed by atoms with van der Waals surface area (Å²) in [6.45, 7) is 1.03. The molecule has 3 nitrogen and oxygen atoms in total. The second-order valence-electron chi connectivity index (χ2n) is 5.76. The smallest absolute Gasteiger partial charge is 0.310 e. The lowest BCUT2D eigenvalue weighted by Gasteiger charge is -2.14. The summed E-state index contributed by atoms with van der Waals surface area (Å²) in [5.74, 6) is 0.503. The van der Waals surface area contributed by atoms with Gasteiger partial charge in [0, 0.05) is 11.1 Å². The Balaban J connectivity index is 1.82. The van der Waals surface area contributed by atoms with E-state index in [9.17, 15) is 13.2 Å². The molecule has 0 atom stereocenters. The van der Waals surface area contributed by atoms with Crippen LogP contribution in [0.25, 0.3) is 11.3 Å². The Morgan fingerprint density at radius 3 is 2.65 bits per heavy atom. The summed E-state index contributed by atoms with van der Waals surface area (Å²) in [5.41, 5.74) is 2.07. The molecule has 0 fully saturated rings. The van der Waals surface area contributed by atoms with E-state index in [1.807, 2.05) is 11.4 Å². The molecule has 8 heteroatoms. The number of aryl methyl sites for hydroxylation is 1. The molecule has 26 heavy (non-hydrogen) atoms. The van der Waals surface area contributed by atoms with Gasteiger partial charge in [-0.25, -0.2) is 9.97 Å². The predicted molar refractivity (Wildman–Crippen MR) is 99.4 cm³/mol. The van der Waals surface area contributed by atoms with Gasteiger partial charge in [-0.2, -0.15) is 13.2 Å². The number of nitrogens with zero attached hydrogens (tertiary/aromatic N) is 3. The molecule has 0 saturated carbocycles. The number of thioether (sulfide) groups is 1. The number of halogens is 3. The van der Waals surface area contributed by atoms with Gasteiger partial charge in [0.1, 0.15) is 6.54 Å². The third-order valence-electron chi connectivity index (χ3n) is 3.64. The van der Waals surface area contributed by atoms with Crippen molar-refractivity contribution in [3.05, 3.63) is 52.6 Å². The largest absolute Gasteiger partial charge is 0.406 e. The highest BCUT2D eigenvalue weighted by atomic mass is 32.2. The molecule has 0 unspecified atom stereocenters. The first-order chi connectivity index (χ1) is 12.5. The van der Waals surface area contributed by atoms with Crippen LogP contribution in [0.5, 0.6) is 0 Å². The molecule has 0 saturated heterocycles. The monoisotopic (exact) mass is 397 g/mol. The van der Waals surface area contributed by atoms with E-state index in [1.165, 1.54) is 22.5 Å². The fraction of sp³-hybridized carbons (Fsp3) is 0.333. The minimum Gasteiger partial charge on any atom is -0.310 e. The molecule has 0 amide bonds. The number of alkyl halides is 3. The molecule has 0 N–H and O–H groups in total. The molecular weight excluding hydrogens is 379 g/mol. The summed E-state index contributed by atoms with van der Waals surface area (Å²) >= 11 is 2.88. The second kappa shape index (κ2) is 8.26. The molecule has 2 heterocycles. The minimum atomic E-state index is -4.31. The van der Waals surface area contributed by atoms with Crippen molar-refractivity contribution in [2.75, 3.05) is 0 Å². The minimum absolute atomic E-state index is 0.353. The Morgan fingerprint density at radius 1 is 1.19 bits per heavy atom. The standard InChI is InChI=1S/C18H18F3N3S2/c1-2-6-16-23-14(10-25-16)11-26-17-22-9-15(13-7-4-3-5-8-13)24(17)12-18(19,20)21/h3-5,7-10H,2,6,11-12H2,1H3. The summed E-state index contributed by atoms with van der Waals surface area (Å²) in [6, 6.07) is 9.01. The van der Waals surface area contributed by atoms with E-state index in [0.29, 0.717) is 16.6 Å². The number of benzene rings is 1. The predicted octanol–water partition coefficient (Wildman–Crippen LogP) is 5.81. The van der Waals surface area contributed by atoms with E-state index in [2.05, 4.69) is 16.9 Å². The van der Waals surface area contributed by atoms with Crippen molar-refractivity contribution in [2.45, 2.75) is 43.4 Å². The molecule has 0 bridgehead atoms. The van der Waals surface area contributed by atoms with Crippen molar-refractivity contribution < 1.29 is 13.2 Å². The lowest BCUT2D eigenvalue weighted by Crippen LogP contribution is -2.19. The fourth-order valence-electron chi connectivity index (χ4n) is 2.53. The topological polar surface area (TPSA) is 30.7 Å². The number of hydrogen-bond donors (Lipinski definition) is 0. The zero-order valence-electron chi connectivity index (χ0n) is 14.2. The number of thiazole rings is 1. The Hall–Kier alpha value is -1.80.